The predicted octanol–water partition coefficient (Wildman–Crippen LogP) is 15.2. The van der Waals surface area contributed by atoms with Crippen LogP contribution in [0.4, 0.5) is 45.5 Å². The lowest BCUT2D eigenvalue weighted by Crippen LogP contribution is -2.64. The fourth-order valence-electron chi connectivity index (χ4n) is 12.7. The van der Waals surface area contributed by atoms with Crippen LogP contribution in [0.25, 0.3) is 21.9 Å². The van der Waals surface area contributed by atoms with Crippen LogP contribution in [0, 0.1) is 6.92 Å². The molecule has 8 aromatic rings. The van der Waals surface area contributed by atoms with E-state index in [9.17, 15) is 0 Å². The van der Waals surface area contributed by atoms with Gasteiger partial charge in [-0.2, -0.15) is 0 Å². The van der Waals surface area contributed by atoms with Gasteiger partial charge in [-0.25, -0.2) is 0 Å². The van der Waals surface area contributed by atoms with Gasteiger partial charge in [0.2, 0.25) is 0 Å². The summed E-state index contributed by atoms with van der Waals surface area (Å²) in [5.41, 5.74) is 22.4. The molecule has 1 saturated carbocycles. The van der Waals surface area contributed by atoms with Gasteiger partial charge in [-0.05, 0) is 159 Å². The Morgan fingerprint density at radius 2 is 1.19 bits per heavy atom. The van der Waals surface area contributed by atoms with Crippen molar-refractivity contribution in [2.24, 2.45) is 0 Å². The standard InChI is InChI=1S/C63H62BN3/c1-41-36-56-58-57(37-41)67-59-52(62(8)34-15-16-35-63(62,67)9)38-45(61(5,6)7)39-54(59)64(58)53-33-32-49(40-55(53)66(56)46-20-11-10-12-21-46)65(48-30-26-44(27-31-48)60(2,3)4)47-28-24-43(25-29-47)51-23-17-19-42-18-13-14-22-50(42)51/h10-14,17-33,36-40H,15-16,34-35H2,1-9H3. The summed E-state index contributed by atoms with van der Waals surface area (Å²) in [7, 11) is 0. The third-order valence-electron chi connectivity index (χ3n) is 16.5. The number of anilines is 8. The van der Waals surface area contributed by atoms with E-state index in [1.165, 1.54) is 109 Å². The van der Waals surface area contributed by atoms with Crippen molar-refractivity contribution in [3.05, 3.63) is 186 Å². The third-order valence-corrected chi connectivity index (χ3v) is 16.5. The highest BCUT2D eigenvalue weighted by Crippen LogP contribution is 2.62. The van der Waals surface area contributed by atoms with Crippen molar-refractivity contribution in [2.45, 2.75) is 110 Å². The van der Waals surface area contributed by atoms with Gasteiger partial charge < -0.3 is 14.7 Å². The van der Waals surface area contributed by atoms with Crippen molar-refractivity contribution in [3.63, 3.8) is 0 Å². The van der Waals surface area contributed by atoms with Crippen molar-refractivity contribution >= 4 is 79.4 Å². The molecule has 2 unspecified atom stereocenters. The van der Waals surface area contributed by atoms with Crippen molar-refractivity contribution in [1.29, 1.82) is 0 Å². The van der Waals surface area contributed by atoms with Gasteiger partial charge in [0, 0.05) is 50.9 Å². The monoisotopic (exact) mass is 872 g/mol. The number of benzene rings is 8. The van der Waals surface area contributed by atoms with Gasteiger partial charge in [0.25, 0.3) is 6.71 Å². The highest BCUT2D eigenvalue weighted by Gasteiger charge is 2.61. The maximum absolute atomic E-state index is 2.86. The Bertz CT molecular complexity index is 3260. The summed E-state index contributed by atoms with van der Waals surface area (Å²) in [4.78, 5) is 7.91. The Morgan fingerprint density at radius 3 is 1.93 bits per heavy atom. The molecule has 3 heterocycles. The van der Waals surface area contributed by atoms with E-state index >= 15 is 0 Å². The average Bonchev–Trinajstić information content (AvgIpc) is 3.53. The summed E-state index contributed by atoms with van der Waals surface area (Å²) in [6.45, 7) is 21.7. The molecule has 1 fully saturated rings. The first-order valence-electron chi connectivity index (χ1n) is 24.8. The number of nitrogens with zero attached hydrogens (tertiary/aromatic N) is 3. The first-order valence-corrected chi connectivity index (χ1v) is 24.8. The molecule has 332 valence electrons. The highest BCUT2D eigenvalue weighted by atomic mass is 15.3. The van der Waals surface area contributed by atoms with Crippen molar-refractivity contribution in [1.82, 2.24) is 0 Å². The van der Waals surface area contributed by atoms with Gasteiger partial charge in [0.05, 0.1) is 5.54 Å². The summed E-state index contributed by atoms with van der Waals surface area (Å²) < 4.78 is 0. The Morgan fingerprint density at radius 1 is 0.552 bits per heavy atom. The van der Waals surface area contributed by atoms with Gasteiger partial charge in [-0.1, -0.05) is 164 Å². The van der Waals surface area contributed by atoms with Crippen molar-refractivity contribution in [2.75, 3.05) is 14.7 Å². The molecule has 4 heteroatoms. The minimum absolute atomic E-state index is 0.000385. The number of fused-ring (bicyclic) bond motifs is 8. The molecule has 0 amide bonds. The molecule has 3 aliphatic heterocycles. The minimum atomic E-state index is -0.0285. The Kier molecular flexibility index (Phi) is 9.21. The lowest BCUT2D eigenvalue weighted by Gasteiger charge is -2.52. The zero-order valence-electron chi connectivity index (χ0n) is 40.8. The van der Waals surface area contributed by atoms with E-state index in [4.69, 9.17) is 0 Å². The lowest BCUT2D eigenvalue weighted by molar-refractivity contribution is 0.195. The van der Waals surface area contributed by atoms with Crippen LogP contribution in [0.1, 0.15) is 103 Å². The molecule has 0 spiro atoms. The molecule has 0 N–H and O–H groups in total. The summed E-state index contributed by atoms with van der Waals surface area (Å²) in [5, 5.41) is 2.53. The molecular formula is C63H62BN3. The minimum Gasteiger partial charge on any atom is -0.335 e. The normalized spacial score (nSPS) is 19.2. The molecule has 8 aromatic carbocycles. The van der Waals surface area contributed by atoms with E-state index in [-0.39, 0.29) is 28.5 Å². The molecule has 67 heavy (non-hydrogen) atoms. The number of rotatable bonds is 5. The molecule has 12 rings (SSSR count). The molecule has 4 aliphatic rings. The van der Waals surface area contributed by atoms with Gasteiger partial charge in [0.1, 0.15) is 0 Å². The number of aryl methyl sites for hydroxylation is 1. The summed E-state index contributed by atoms with van der Waals surface area (Å²) in [6.07, 6.45) is 4.94. The molecule has 0 saturated heterocycles. The van der Waals surface area contributed by atoms with E-state index in [0.717, 1.165) is 17.1 Å². The van der Waals surface area contributed by atoms with E-state index in [1.54, 1.807) is 5.56 Å². The van der Waals surface area contributed by atoms with Crippen molar-refractivity contribution < 1.29 is 0 Å². The van der Waals surface area contributed by atoms with Crippen LogP contribution in [-0.2, 0) is 16.2 Å². The second kappa shape index (κ2) is 14.7. The van der Waals surface area contributed by atoms with Crippen LogP contribution in [0.2, 0.25) is 0 Å². The molecule has 2 atom stereocenters. The smallest absolute Gasteiger partial charge is 0.252 e. The molecular weight excluding hydrogens is 810 g/mol. The quantitative estimate of drug-likeness (QED) is 0.160. The van der Waals surface area contributed by atoms with Crippen LogP contribution >= 0.6 is 0 Å². The van der Waals surface area contributed by atoms with Gasteiger partial charge in [-0.3, -0.25) is 0 Å². The Hall–Kier alpha value is -6.52. The Balaban J connectivity index is 1.10. The lowest BCUT2D eigenvalue weighted by atomic mass is 9.33. The molecule has 0 aromatic heterocycles. The number of para-hydroxylation sites is 1. The average molecular weight is 872 g/mol. The van der Waals surface area contributed by atoms with E-state index < -0.39 is 0 Å². The van der Waals surface area contributed by atoms with Crippen LogP contribution in [0.5, 0.6) is 0 Å². The number of hydrogen-bond acceptors (Lipinski definition) is 3. The second-order valence-electron chi connectivity index (χ2n) is 22.6. The molecule has 3 nitrogen and oxygen atoms in total. The first kappa shape index (κ1) is 41.9. The van der Waals surface area contributed by atoms with Gasteiger partial charge in [0.15, 0.2) is 0 Å². The van der Waals surface area contributed by atoms with Gasteiger partial charge in [-0.15, -0.1) is 0 Å². The largest absolute Gasteiger partial charge is 0.335 e. The van der Waals surface area contributed by atoms with E-state index in [1.807, 2.05) is 0 Å². The van der Waals surface area contributed by atoms with E-state index in [2.05, 4.69) is 241 Å². The SMILES string of the molecule is Cc1cc2c3c(c1)N1c4c(cc(C(C)(C)C)cc4C4(C)CCCCC14C)B3c1ccc(N(c3ccc(-c4cccc5ccccc45)cc3)c3ccc(C(C)(C)C)cc3)cc1N2c1ccccc1. The van der Waals surface area contributed by atoms with Crippen LogP contribution in [0.15, 0.2) is 164 Å². The fourth-order valence-corrected chi connectivity index (χ4v) is 12.7. The Labute approximate surface area is 399 Å². The van der Waals surface area contributed by atoms with Crippen molar-refractivity contribution in [3.8, 4) is 11.1 Å². The second-order valence-corrected chi connectivity index (χ2v) is 22.6. The fraction of sp³-hybridized carbons (Fsp3) is 0.270. The molecule has 0 bridgehead atoms. The maximum atomic E-state index is 2.86. The van der Waals surface area contributed by atoms with Crippen LogP contribution < -0.4 is 31.1 Å². The summed E-state index contributed by atoms with van der Waals surface area (Å²) >= 11 is 0. The molecule has 1 aliphatic carbocycles. The maximum Gasteiger partial charge on any atom is 0.252 e. The highest BCUT2D eigenvalue weighted by molar-refractivity contribution is 7.00. The molecule has 0 radical (unpaired) electrons. The predicted molar refractivity (Wildman–Crippen MR) is 288 cm³/mol. The summed E-state index contributed by atoms with van der Waals surface area (Å²) in [5.74, 6) is 0. The third kappa shape index (κ3) is 6.24. The topological polar surface area (TPSA) is 9.72 Å². The van der Waals surface area contributed by atoms with Crippen LogP contribution in [0.3, 0.4) is 0 Å². The first-order chi connectivity index (χ1) is 32.1. The summed E-state index contributed by atoms with van der Waals surface area (Å²) in [6, 6.07) is 62.6. The van der Waals surface area contributed by atoms with Gasteiger partial charge >= 0.3 is 0 Å². The number of hydrogen-bond donors (Lipinski definition) is 0. The van der Waals surface area contributed by atoms with Crippen LogP contribution in [-0.4, -0.2) is 12.3 Å². The zero-order valence-corrected chi connectivity index (χ0v) is 40.8. The zero-order chi connectivity index (χ0) is 46.2. The van der Waals surface area contributed by atoms with E-state index in [0.29, 0.717) is 0 Å².